The Morgan fingerprint density at radius 3 is 2.78 bits per heavy atom. The second-order valence-electron chi connectivity index (χ2n) is 5.50. The molecular weight excluding hydrogens is 234 g/mol. The lowest BCUT2D eigenvalue weighted by Crippen LogP contribution is -2.42. The van der Waals surface area contributed by atoms with Crippen LogP contribution in [-0.2, 0) is 9.53 Å². The molecule has 1 fully saturated rings. The monoisotopic (exact) mass is 251 g/mol. The summed E-state index contributed by atoms with van der Waals surface area (Å²) in [5, 5.41) is 9.13. The average molecular weight is 251 g/mol. The molecule has 1 aliphatic heterocycles. The molecule has 1 heterocycles. The van der Waals surface area contributed by atoms with E-state index in [0.29, 0.717) is 6.42 Å². The lowest BCUT2D eigenvalue weighted by molar-refractivity contribution is -0.125. The van der Waals surface area contributed by atoms with Crippen LogP contribution in [0.15, 0.2) is 24.0 Å². The van der Waals surface area contributed by atoms with Crippen molar-refractivity contribution in [1.82, 2.24) is 4.90 Å². The van der Waals surface area contributed by atoms with Crippen molar-refractivity contribution in [3.05, 3.63) is 24.0 Å². The summed E-state index contributed by atoms with van der Waals surface area (Å²) in [6, 6.07) is -0.328. The number of amides is 2. The minimum Gasteiger partial charge on any atom is -0.515 e. The fourth-order valence-electron chi connectivity index (χ4n) is 2.31. The Morgan fingerprint density at radius 2 is 2.22 bits per heavy atom. The Hall–Kier alpha value is -1.78. The molecule has 1 saturated heterocycles. The molecule has 0 radical (unpaired) electrons. The molecule has 0 aromatic heterocycles. The topological polar surface area (TPSA) is 66.8 Å². The van der Waals surface area contributed by atoms with Gasteiger partial charge in [0.1, 0.15) is 5.60 Å². The Labute approximate surface area is 106 Å². The fourth-order valence-corrected chi connectivity index (χ4v) is 2.31. The summed E-state index contributed by atoms with van der Waals surface area (Å²) in [5.41, 5.74) is -0.378. The lowest BCUT2D eigenvalue weighted by Gasteiger charge is -2.25. The number of allylic oxidation sites excluding steroid dienone is 1. The Bertz CT molecular complexity index is 444. The molecular formula is C13H17NO4. The number of aliphatic hydroxyl groups excluding tert-OH is 1. The maximum absolute atomic E-state index is 12.0. The van der Waals surface area contributed by atoms with Crippen LogP contribution < -0.4 is 0 Å². The highest BCUT2D eigenvalue weighted by molar-refractivity contribution is 6.06. The van der Waals surface area contributed by atoms with Gasteiger partial charge in [-0.1, -0.05) is 12.2 Å². The predicted molar refractivity (Wildman–Crippen MR) is 64.8 cm³/mol. The van der Waals surface area contributed by atoms with Gasteiger partial charge in [0.25, 0.3) is 5.91 Å². The van der Waals surface area contributed by atoms with Crippen molar-refractivity contribution in [3.63, 3.8) is 0 Å². The number of rotatable bonds is 0. The Balaban J connectivity index is 2.25. The predicted octanol–water partition coefficient (Wildman–Crippen LogP) is 2.15. The van der Waals surface area contributed by atoms with E-state index in [1.165, 1.54) is 0 Å². The van der Waals surface area contributed by atoms with Gasteiger partial charge in [-0.3, -0.25) is 4.79 Å². The number of ether oxygens (including phenoxy) is 1. The van der Waals surface area contributed by atoms with Gasteiger partial charge in [-0.05, 0) is 27.2 Å². The smallest absolute Gasteiger partial charge is 0.417 e. The number of likely N-dealkylation sites (tertiary alicyclic amines) is 1. The third-order valence-corrected chi connectivity index (χ3v) is 3.03. The van der Waals surface area contributed by atoms with E-state index in [-0.39, 0.29) is 17.5 Å². The van der Waals surface area contributed by atoms with Crippen molar-refractivity contribution in [2.75, 3.05) is 0 Å². The highest BCUT2D eigenvalue weighted by Gasteiger charge is 2.48. The molecule has 0 aromatic rings. The van der Waals surface area contributed by atoms with E-state index in [1.807, 2.05) is 12.2 Å². The Kier molecular flexibility index (Phi) is 2.92. The molecule has 0 spiro atoms. The van der Waals surface area contributed by atoms with E-state index in [1.54, 1.807) is 20.8 Å². The van der Waals surface area contributed by atoms with Crippen LogP contribution in [0.5, 0.6) is 0 Å². The molecule has 2 aliphatic rings. The molecule has 2 rings (SSSR count). The number of aliphatic hydroxyl groups is 1. The van der Waals surface area contributed by atoms with Crippen molar-refractivity contribution in [1.29, 1.82) is 0 Å². The summed E-state index contributed by atoms with van der Waals surface area (Å²) < 4.78 is 5.22. The SMILES string of the molecule is CC(C)(C)OC(=O)N1C(=O)/C(=C/O)[C@H]2CC=C[C@H]21. The van der Waals surface area contributed by atoms with Crippen LogP contribution in [-0.4, -0.2) is 33.6 Å². The largest absolute Gasteiger partial charge is 0.515 e. The van der Waals surface area contributed by atoms with Crippen molar-refractivity contribution >= 4 is 12.0 Å². The minimum absolute atomic E-state index is 0.144. The van der Waals surface area contributed by atoms with Gasteiger partial charge in [0.2, 0.25) is 0 Å². The van der Waals surface area contributed by atoms with E-state index in [4.69, 9.17) is 9.84 Å². The summed E-state index contributed by atoms with van der Waals surface area (Å²) in [4.78, 5) is 25.1. The number of hydrogen-bond acceptors (Lipinski definition) is 4. The number of imide groups is 1. The zero-order valence-electron chi connectivity index (χ0n) is 10.7. The molecule has 18 heavy (non-hydrogen) atoms. The van der Waals surface area contributed by atoms with Crippen LogP contribution in [0.4, 0.5) is 4.79 Å². The van der Waals surface area contributed by atoms with Crippen LogP contribution in [0.3, 0.4) is 0 Å². The molecule has 1 N–H and O–H groups in total. The van der Waals surface area contributed by atoms with Gasteiger partial charge >= 0.3 is 6.09 Å². The molecule has 5 heteroatoms. The fraction of sp³-hybridized carbons (Fsp3) is 0.538. The maximum Gasteiger partial charge on any atom is 0.417 e. The second-order valence-corrected chi connectivity index (χ2v) is 5.50. The normalized spacial score (nSPS) is 28.9. The van der Waals surface area contributed by atoms with E-state index in [0.717, 1.165) is 11.2 Å². The summed E-state index contributed by atoms with van der Waals surface area (Å²) in [5.74, 6) is -0.610. The first-order valence-electron chi connectivity index (χ1n) is 5.92. The number of carbonyl (C=O) groups is 2. The van der Waals surface area contributed by atoms with E-state index in [9.17, 15) is 9.59 Å². The molecule has 98 valence electrons. The number of nitrogens with zero attached hydrogens (tertiary/aromatic N) is 1. The number of carbonyl (C=O) groups excluding carboxylic acids is 2. The van der Waals surface area contributed by atoms with Crippen LogP contribution in [0.2, 0.25) is 0 Å². The summed E-state index contributed by atoms with van der Waals surface area (Å²) in [6.45, 7) is 5.24. The summed E-state index contributed by atoms with van der Waals surface area (Å²) in [6.07, 6.45) is 4.51. The van der Waals surface area contributed by atoms with Gasteiger partial charge in [-0.2, -0.15) is 0 Å². The molecule has 2 amide bonds. The average Bonchev–Trinajstić information content (AvgIpc) is 2.73. The molecule has 5 nitrogen and oxygen atoms in total. The summed E-state index contributed by atoms with van der Waals surface area (Å²) in [7, 11) is 0. The van der Waals surface area contributed by atoms with E-state index >= 15 is 0 Å². The first-order chi connectivity index (χ1) is 8.35. The van der Waals surface area contributed by atoms with Crippen LogP contribution in [0, 0.1) is 5.92 Å². The highest BCUT2D eigenvalue weighted by Crippen LogP contribution is 2.38. The van der Waals surface area contributed by atoms with Gasteiger partial charge in [0.15, 0.2) is 0 Å². The lowest BCUT2D eigenvalue weighted by atomic mass is 9.99. The molecule has 0 unspecified atom stereocenters. The molecule has 0 aromatic carbocycles. The highest BCUT2D eigenvalue weighted by atomic mass is 16.6. The quantitative estimate of drug-likeness (QED) is 0.407. The number of fused-ring (bicyclic) bond motifs is 1. The van der Waals surface area contributed by atoms with E-state index in [2.05, 4.69) is 0 Å². The van der Waals surface area contributed by atoms with Gasteiger partial charge in [-0.25, -0.2) is 9.69 Å². The van der Waals surface area contributed by atoms with Gasteiger partial charge in [-0.15, -0.1) is 0 Å². The standard InChI is InChI=1S/C13H17NO4/c1-13(2,3)18-12(17)14-10-6-4-5-8(10)9(7-15)11(14)16/h4,6-8,10,15H,5H2,1-3H3/b9-7+/t8-,10-/m1/s1. The first kappa shape index (κ1) is 12.7. The first-order valence-corrected chi connectivity index (χ1v) is 5.92. The second kappa shape index (κ2) is 4.15. The van der Waals surface area contributed by atoms with Crippen molar-refractivity contribution in [2.24, 2.45) is 5.92 Å². The Morgan fingerprint density at radius 1 is 1.56 bits per heavy atom. The number of hydrogen-bond donors (Lipinski definition) is 1. The molecule has 0 bridgehead atoms. The van der Waals surface area contributed by atoms with Crippen LogP contribution >= 0.6 is 0 Å². The third kappa shape index (κ3) is 2.00. The summed E-state index contributed by atoms with van der Waals surface area (Å²) >= 11 is 0. The zero-order valence-corrected chi connectivity index (χ0v) is 10.7. The van der Waals surface area contributed by atoms with Gasteiger partial charge < -0.3 is 9.84 Å². The molecule has 2 atom stereocenters. The van der Waals surface area contributed by atoms with Crippen molar-refractivity contribution < 1.29 is 19.4 Å². The van der Waals surface area contributed by atoms with Crippen molar-refractivity contribution in [3.8, 4) is 0 Å². The molecule has 1 aliphatic carbocycles. The minimum atomic E-state index is -0.661. The van der Waals surface area contributed by atoms with Crippen LogP contribution in [0.25, 0.3) is 0 Å². The zero-order chi connectivity index (χ0) is 13.5. The molecule has 0 saturated carbocycles. The van der Waals surface area contributed by atoms with Gasteiger partial charge in [0.05, 0.1) is 17.9 Å². The third-order valence-electron chi connectivity index (χ3n) is 3.03. The maximum atomic E-state index is 12.0. The van der Waals surface area contributed by atoms with Crippen LogP contribution in [0.1, 0.15) is 27.2 Å². The van der Waals surface area contributed by atoms with Gasteiger partial charge in [0, 0.05) is 5.92 Å². The van der Waals surface area contributed by atoms with Crippen molar-refractivity contribution in [2.45, 2.75) is 38.8 Å². The van der Waals surface area contributed by atoms with E-state index < -0.39 is 17.6 Å².